The zero-order chi connectivity index (χ0) is 62.8. The van der Waals surface area contributed by atoms with E-state index in [1.165, 1.54) is 75.3 Å². The molecular formula is C74H104AlLiO15. The van der Waals surface area contributed by atoms with Gasteiger partial charge in [-0.1, -0.05) is 174 Å². The van der Waals surface area contributed by atoms with Crippen LogP contribution in [-0.2, 0) is 51.2 Å². The Hall–Kier alpha value is -5.40. The molecule has 2 N–H and O–H groups in total. The average molecular weight is 1270 g/mol. The number of carbonyl (C=O) groups excluding carboxylic acids is 1. The number of rotatable bonds is 41. The summed E-state index contributed by atoms with van der Waals surface area (Å²) in [4.78, 5) is 13.4. The molecule has 0 amide bonds. The van der Waals surface area contributed by atoms with Gasteiger partial charge in [-0.15, -0.1) is 0 Å². The molecule has 0 spiro atoms. The number of hydrogen-bond acceptors (Lipinski definition) is 15. The van der Waals surface area contributed by atoms with Gasteiger partial charge in [-0.2, -0.15) is 0 Å². The van der Waals surface area contributed by atoms with Crippen LogP contribution < -0.4 is 42.5 Å². The SMILES string of the molecule is C1CCOC1.COCOc1ccc([C@@H](CO)[C@H](CCCCCCCCCOCc2ccccc2)c2ccc(OCOC)cc2O)cc1.COCOc1ccc([C@H]2C(=O)Oc3cc(OCOC)ccc3[C@H]2CCCCCCCCCOCc2ccccc2)cc1.[AlH3].[H-].[Li+]. The Balaban J connectivity index is 0.000000432. The molecule has 1 fully saturated rings. The van der Waals surface area contributed by atoms with Gasteiger partial charge in [0, 0.05) is 78.8 Å². The van der Waals surface area contributed by atoms with Gasteiger partial charge in [0.25, 0.3) is 0 Å². The average Bonchev–Trinajstić information content (AvgIpc) is 0.883. The summed E-state index contributed by atoms with van der Waals surface area (Å²) in [6, 6.07) is 47.1. The van der Waals surface area contributed by atoms with Gasteiger partial charge in [0.1, 0.15) is 34.5 Å². The molecule has 6 aromatic rings. The predicted octanol–water partition coefficient (Wildman–Crippen LogP) is 12.1. The number of carbonyl (C=O) groups is 1. The minimum Gasteiger partial charge on any atom is -1.00 e. The van der Waals surface area contributed by atoms with Gasteiger partial charge in [0.15, 0.2) is 44.5 Å². The summed E-state index contributed by atoms with van der Waals surface area (Å²) in [7, 11) is 6.31. The maximum Gasteiger partial charge on any atom is 1.00 e. The van der Waals surface area contributed by atoms with E-state index in [-0.39, 0.29) is 107 Å². The summed E-state index contributed by atoms with van der Waals surface area (Å²) >= 11 is 0. The molecule has 1 saturated heterocycles. The van der Waals surface area contributed by atoms with Gasteiger partial charge in [0.05, 0.1) is 25.7 Å². The molecule has 15 nitrogen and oxygen atoms in total. The Bertz CT molecular complexity index is 2770. The van der Waals surface area contributed by atoms with E-state index >= 15 is 0 Å². The van der Waals surface area contributed by atoms with Crippen LogP contribution in [0.5, 0.6) is 34.5 Å². The third-order valence-corrected chi connectivity index (χ3v) is 15.9. The quantitative estimate of drug-likeness (QED) is 0.0122. The zero-order valence-electron chi connectivity index (χ0n) is 55.4. The Morgan fingerprint density at radius 3 is 1.45 bits per heavy atom. The first-order valence-corrected chi connectivity index (χ1v) is 32.1. The molecular weight excluding hydrogens is 1160 g/mol. The summed E-state index contributed by atoms with van der Waals surface area (Å²) in [5.41, 5.74) is 6.22. The van der Waals surface area contributed by atoms with Crippen LogP contribution in [0.1, 0.15) is 174 Å². The van der Waals surface area contributed by atoms with Crippen LogP contribution in [0.3, 0.4) is 0 Å². The van der Waals surface area contributed by atoms with Crippen molar-refractivity contribution in [3.8, 4) is 34.5 Å². The van der Waals surface area contributed by atoms with Crippen molar-refractivity contribution in [2.45, 2.75) is 152 Å². The van der Waals surface area contributed by atoms with E-state index in [9.17, 15) is 15.0 Å². The summed E-state index contributed by atoms with van der Waals surface area (Å²) in [5.74, 6) is 2.48. The van der Waals surface area contributed by atoms with E-state index in [0.717, 1.165) is 100 Å². The molecule has 6 aromatic carbocycles. The summed E-state index contributed by atoms with van der Waals surface area (Å²) in [6.45, 7) is 5.55. The minimum absolute atomic E-state index is 0. The molecule has 2 heterocycles. The van der Waals surface area contributed by atoms with Crippen molar-refractivity contribution < 1.29 is 92.1 Å². The van der Waals surface area contributed by atoms with Crippen molar-refractivity contribution in [1.29, 1.82) is 0 Å². The molecule has 91 heavy (non-hydrogen) atoms. The van der Waals surface area contributed by atoms with Gasteiger partial charge in [-0.05, 0) is 114 Å². The van der Waals surface area contributed by atoms with E-state index in [1.807, 2.05) is 109 Å². The number of aromatic hydroxyl groups is 1. The molecule has 2 aliphatic rings. The number of phenols is 1. The van der Waals surface area contributed by atoms with Gasteiger partial charge >= 0.3 is 24.8 Å². The van der Waals surface area contributed by atoms with Crippen LogP contribution in [0.2, 0.25) is 0 Å². The van der Waals surface area contributed by atoms with Gasteiger partial charge in [-0.3, -0.25) is 4.79 Å². The van der Waals surface area contributed by atoms with Crippen molar-refractivity contribution in [2.24, 2.45) is 0 Å². The maximum absolute atomic E-state index is 13.4. The van der Waals surface area contributed by atoms with Crippen LogP contribution in [0.4, 0.5) is 0 Å². The smallest absolute Gasteiger partial charge is 1.00 e. The number of fused-ring (bicyclic) bond motifs is 1. The molecule has 494 valence electrons. The van der Waals surface area contributed by atoms with Crippen LogP contribution in [-0.4, -0.2) is 122 Å². The molecule has 0 aliphatic carbocycles. The van der Waals surface area contributed by atoms with Crippen molar-refractivity contribution in [1.82, 2.24) is 0 Å². The summed E-state index contributed by atoms with van der Waals surface area (Å²) in [5, 5.41) is 21.5. The standard InChI is InChI=1S/C35H44O7.C35H48O7.C4H8O.Al.Li.4H/c1-37-25-40-29-18-16-28(17-19-29)34-32(31-21-20-30(41-26-38-2)23-33(31)42-35(34)36)15-11-6-4-3-5-7-12-22-39-24-27-13-9-8-10-14-27;1-38-26-41-30-18-16-29(17-19-30)34(24-36)32(33-21-20-31(23-35(33)37)42-27-39-2)15-11-6-4-3-5-7-12-22-40-25-28-13-9-8-10-14-28;1-2-4-5-3-1;;;;;;/h8-10,13-14,16-21,23,32,34H,3-7,11-12,15,22,24-26H2,1-2H3;8-10,13-14,16-21,23,32,34,36-37H,3-7,11-12,15,22,24-27H2,1-2H3;1-4H2;;;;;;/q;;;;+1;;;;-1/t2*32-,34-;;;;;;;/m11......./s1. The normalized spacial score (nSPS) is 14.6. The van der Waals surface area contributed by atoms with Crippen molar-refractivity contribution in [3.63, 3.8) is 0 Å². The number of unbranched alkanes of at least 4 members (excludes halogenated alkanes) is 12. The van der Waals surface area contributed by atoms with Gasteiger partial charge in [-0.25, -0.2) is 0 Å². The fraction of sp³-hybridized carbons (Fsp3) is 0.500. The first-order valence-electron chi connectivity index (χ1n) is 32.1. The Morgan fingerprint density at radius 1 is 0.516 bits per heavy atom. The predicted molar refractivity (Wildman–Crippen MR) is 358 cm³/mol. The molecule has 0 unspecified atom stereocenters. The number of benzene rings is 6. The fourth-order valence-corrected chi connectivity index (χ4v) is 11.2. The first kappa shape index (κ1) is 78.0. The molecule has 2 aliphatic heterocycles. The van der Waals surface area contributed by atoms with Gasteiger partial charge in [0.2, 0.25) is 0 Å². The largest absolute Gasteiger partial charge is 1.00 e. The third kappa shape index (κ3) is 29.6. The van der Waals surface area contributed by atoms with E-state index in [0.29, 0.717) is 42.0 Å². The number of aliphatic hydroxyl groups excluding tert-OH is 1. The molecule has 0 bridgehead atoms. The second-order valence-corrected chi connectivity index (χ2v) is 22.6. The Labute approximate surface area is 566 Å². The van der Waals surface area contributed by atoms with E-state index in [4.69, 9.17) is 56.8 Å². The van der Waals surface area contributed by atoms with Crippen molar-refractivity contribution in [3.05, 3.63) is 179 Å². The van der Waals surface area contributed by atoms with E-state index in [1.54, 1.807) is 40.6 Å². The second kappa shape index (κ2) is 48.3. The van der Waals surface area contributed by atoms with Crippen molar-refractivity contribution in [2.75, 3.05) is 88.6 Å². The molecule has 17 heteroatoms. The van der Waals surface area contributed by atoms with Gasteiger partial charge < -0.3 is 68.5 Å². The number of ether oxygens (including phenoxy) is 12. The number of aliphatic hydroxyl groups is 1. The fourth-order valence-electron chi connectivity index (χ4n) is 11.2. The second-order valence-electron chi connectivity index (χ2n) is 22.6. The number of phenolic OH excluding ortho intramolecular Hbond substituents is 1. The first-order chi connectivity index (χ1) is 43.8. The topological polar surface area (TPSA) is 168 Å². The summed E-state index contributed by atoms with van der Waals surface area (Å²) < 4.78 is 64.6. The zero-order valence-corrected chi connectivity index (χ0v) is 54.4. The maximum atomic E-state index is 13.4. The minimum atomic E-state index is -0.379. The number of methoxy groups -OCH3 is 4. The van der Waals surface area contributed by atoms with Crippen LogP contribution in [0.25, 0.3) is 0 Å². The van der Waals surface area contributed by atoms with Crippen LogP contribution in [0, 0.1) is 0 Å². The molecule has 0 radical (unpaired) electrons. The Morgan fingerprint density at radius 2 is 0.967 bits per heavy atom. The molecule has 0 saturated carbocycles. The summed E-state index contributed by atoms with van der Waals surface area (Å²) in [6.07, 6.45) is 20.4. The molecule has 4 atom stereocenters. The monoisotopic (exact) mass is 1270 g/mol. The molecule has 8 rings (SSSR count). The van der Waals surface area contributed by atoms with E-state index in [2.05, 4.69) is 24.3 Å². The van der Waals surface area contributed by atoms with E-state index < -0.39 is 0 Å². The van der Waals surface area contributed by atoms with Crippen molar-refractivity contribution >= 4 is 23.3 Å². The number of esters is 1. The number of hydrogen-bond donors (Lipinski definition) is 2. The molecule has 0 aromatic heterocycles. The third-order valence-electron chi connectivity index (χ3n) is 15.9. The van der Waals surface area contributed by atoms with Crippen LogP contribution >= 0.6 is 0 Å². The Kier molecular flexibility index (Phi) is 41.5. The van der Waals surface area contributed by atoms with Crippen LogP contribution in [0.15, 0.2) is 146 Å².